The van der Waals surface area contributed by atoms with Gasteiger partial charge in [-0.25, -0.2) is 18.1 Å². The summed E-state index contributed by atoms with van der Waals surface area (Å²) in [5.74, 6) is 0.446. The number of pyridine rings is 1. The molecular weight excluding hydrogens is 302 g/mol. The molecule has 1 fully saturated rings. The van der Waals surface area contributed by atoms with Crippen LogP contribution in [0.3, 0.4) is 0 Å². The highest BCUT2D eigenvalue weighted by Crippen LogP contribution is 2.25. The second kappa shape index (κ2) is 6.26. The standard InChI is InChI=1S/C12H18ClN3O3S/c1-14-12-9(13)6-8(7-15-12)20(17,18)16-10-4-3-5-11(10)19-2/h6-7,10-11,16H,3-5H2,1-2H3,(H,14,15). The molecule has 1 aromatic rings. The van der Waals surface area contributed by atoms with Crippen LogP contribution in [0.25, 0.3) is 0 Å². The first-order valence-electron chi connectivity index (χ1n) is 6.36. The fourth-order valence-electron chi connectivity index (χ4n) is 2.36. The Morgan fingerprint density at radius 1 is 1.45 bits per heavy atom. The van der Waals surface area contributed by atoms with Crippen molar-refractivity contribution in [3.8, 4) is 0 Å². The van der Waals surface area contributed by atoms with Crippen molar-refractivity contribution in [1.29, 1.82) is 0 Å². The van der Waals surface area contributed by atoms with Gasteiger partial charge < -0.3 is 10.1 Å². The maximum atomic E-state index is 12.3. The van der Waals surface area contributed by atoms with Crippen molar-refractivity contribution in [3.05, 3.63) is 17.3 Å². The molecule has 0 saturated heterocycles. The minimum Gasteiger partial charge on any atom is -0.380 e. The molecule has 112 valence electrons. The van der Waals surface area contributed by atoms with Gasteiger partial charge in [0, 0.05) is 26.4 Å². The lowest BCUT2D eigenvalue weighted by Crippen LogP contribution is -2.40. The highest BCUT2D eigenvalue weighted by molar-refractivity contribution is 7.89. The van der Waals surface area contributed by atoms with Crippen molar-refractivity contribution < 1.29 is 13.2 Å². The van der Waals surface area contributed by atoms with Crippen molar-refractivity contribution in [2.75, 3.05) is 19.5 Å². The van der Waals surface area contributed by atoms with Crippen LogP contribution >= 0.6 is 11.6 Å². The average molecular weight is 320 g/mol. The van der Waals surface area contributed by atoms with Gasteiger partial charge >= 0.3 is 0 Å². The number of rotatable bonds is 5. The molecule has 1 aromatic heterocycles. The molecule has 0 aromatic carbocycles. The fourth-order valence-corrected chi connectivity index (χ4v) is 3.96. The molecule has 20 heavy (non-hydrogen) atoms. The molecule has 6 nitrogen and oxygen atoms in total. The minimum atomic E-state index is -3.64. The Hall–Kier alpha value is -0.890. The Balaban J connectivity index is 2.20. The molecule has 2 atom stereocenters. The van der Waals surface area contributed by atoms with Gasteiger partial charge in [-0.15, -0.1) is 0 Å². The third-order valence-corrected chi connectivity index (χ3v) is 5.17. The highest BCUT2D eigenvalue weighted by atomic mass is 35.5. The van der Waals surface area contributed by atoms with Crippen molar-refractivity contribution in [2.24, 2.45) is 0 Å². The number of hydrogen-bond donors (Lipinski definition) is 2. The molecule has 0 bridgehead atoms. The van der Waals surface area contributed by atoms with E-state index in [1.807, 2.05) is 0 Å². The molecule has 1 heterocycles. The fraction of sp³-hybridized carbons (Fsp3) is 0.583. The number of nitrogens with one attached hydrogen (secondary N) is 2. The van der Waals surface area contributed by atoms with Crippen LogP contribution in [0.5, 0.6) is 0 Å². The quantitative estimate of drug-likeness (QED) is 0.862. The van der Waals surface area contributed by atoms with Gasteiger partial charge in [0.25, 0.3) is 0 Å². The summed E-state index contributed by atoms with van der Waals surface area (Å²) in [6.07, 6.45) is 3.79. The monoisotopic (exact) mass is 319 g/mol. The van der Waals surface area contributed by atoms with Gasteiger partial charge in [0.2, 0.25) is 10.0 Å². The van der Waals surface area contributed by atoms with Gasteiger partial charge in [0.1, 0.15) is 10.7 Å². The van der Waals surface area contributed by atoms with Crippen molar-refractivity contribution in [1.82, 2.24) is 9.71 Å². The number of ether oxygens (including phenoxy) is 1. The first-order valence-corrected chi connectivity index (χ1v) is 8.22. The van der Waals surface area contributed by atoms with E-state index in [4.69, 9.17) is 16.3 Å². The van der Waals surface area contributed by atoms with Gasteiger partial charge in [-0.3, -0.25) is 0 Å². The molecule has 2 N–H and O–H groups in total. The molecule has 0 spiro atoms. The van der Waals surface area contributed by atoms with E-state index >= 15 is 0 Å². The minimum absolute atomic E-state index is 0.0586. The van der Waals surface area contributed by atoms with Crippen LogP contribution in [0.2, 0.25) is 5.02 Å². The smallest absolute Gasteiger partial charge is 0.242 e. The Bertz CT molecular complexity index is 579. The molecule has 1 saturated carbocycles. The molecular formula is C12H18ClN3O3S. The highest BCUT2D eigenvalue weighted by Gasteiger charge is 2.31. The first-order chi connectivity index (χ1) is 9.47. The number of nitrogens with zero attached hydrogens (tertiary/aromatic N) is 1. The zero-order valence-corrected chi connectivity index (χ0v) is 13.0. The second-order valence-corrected chi connectivity index (χ2v) is 6.81. The summed E-state index contributed by atoms with van der Waals surface area (Å²) < 4.78 is 32.6. The largest absolute Gasteiger partial charge is 0.380 e. The van der Waals surface area contributed by atoms with E-state index < -0.39 is 10.0 Å². The lowest BCUT2D eigenvalue weighted by Gasteiger charge is -2.19. The van der Waals surface area contributed by atoms with E-state index in [0.29, 0.717) is 5.82 Å². The van der Waals surface area contributed by atoms with Gasteiger partial charge in [0.05, 0.1) is 11.1 Å². The zero-order valence-electron chi connectivity index (χ0n) is 11.4. The molecule has 2 rings (SSSR count). The predicted molar refractivity (Wildman–Crippen MR) is 77.6 cm³/mol. The first kappa shape index (κ1) is 15.5. The van der Waals surface area contributed by atoms with E-state index in [9.17, 15) is 8.42 Å². The van der Waals surface area contributed by atoms with Crippen LogP contribution in [-0.4, -0.2) is 39.7 Å². The van der Waals surface area contributed by atoms with Gasteiger partial charge in [0.15, 0.2) is 0 Å². The summed E-state index contributed by atoms with van der Waals surface area (Å²) >= 11 is 5.97. The molecule has 0 aliphatic heterocycles. The summed E-state index contributed by atoms with van der Waals surface area (Å²) in [6.45, 7) is 0. The Labute approximate surface area is 123 Å². The van der Waals surface area contributed by atoms with Crippen molar-refractivity contribution in [3.63, 3.8) is 0 Å². The summed E-state index contributed by atoms with van der Waals surface area (Å²) in [4.78, 5) is 4.04. The zero-order chi connectivity index (χ0) is 14.8. The third kappa shape index (κ3) is 3.22. The third-order valence-electron chi connectivity index (χ3n) is 3.43. The van der Waals surface area contributed by atoms with Gasteiger partial charge in [-0.1, -0.05) is 11.6 Å². The van der Waals surface area contributed by atoms with Crippen LogP contribution in [0, 0.1) is 0 Å². The number of halogens is 1. The maximum Gasteiger partial charge on any atom is 0.242 e. The summed E-state index contributed by atoms with van der Waals surface area (Å²) in [7, 11) is -0.375. The summed E-state index contributed by atoms with van der Waals surface area (Å²) in [5, 5.41) is 3.05. The van der Waals surface area contributed by atoms with E-state index in [2.05, 4.69) is 15.0 Å². The lowest BCUT2D eigenvalue weighted by atomic mass is 10.2. The topological polar surface area (TPSA) is 80.3 Å². The Morgan fingerprint density at radius 3 is 2.80 bits per heavy atom. The number of anilines is 1. The Morgan fingerprint density at radius 2 is 2.20 bits per heavy atom. The Kier molecular flexibility index (Phi) is 4.85. The summed E-state index contributed by atoms with van der Waals surface area (Å²) in [5.41, 5.74) is 0. The van der Waals surface area contributed by atoms with Crippen molar-refractivity contribution >= 4 is 27.4 Å². The predicted octanol–water partition coefficient (Wildman–Crippen LogP) is 1.62. The number of aromatic nitrogens is 1. The maximum absolute atomic E-state index is 12.3. The van der Waals surface area contributed by atoms with Crippen LogP contribution in [0.4, 0.5) is 5.82 Å². The SMILES string of the molecule is CNc1ncc(S(=O)(=O)NC2CCCC2OC)cc1Cl. The van der Waals surface area contributed by atoms with E-state index in [1.165, 1.54) is 12.3 Å². The van der Waals surface area contributed by atoms with Crippen LogP contribution in [0.15, 0.2) is 17.2 Å². The van der Waals surface area contributed by atoms with Crippen molar-refractivity contribution in [2.45, 2.75) is 36.3 Å². The van der Waals surface area contributed by atoms with Crippen LogP contribution in [0.1, 0.15) is 19.3 Å². The normalized spacial score (nSPS) is 22.9. The average Bonchev–Trinajstić information content (AvgIpc) is 2.85. The molecule has 2 unspecified atom stereocenters. The van der Waals surface area contributed by atoms with Gasteiger partial charge in [-0.05, 0) is 25.3 Å². The van der Waals surface area contributed by atoms with Gasteiger partial charge in [-0.2, -0.15) is 0 Å². The number of methoxy groups -OCH3 is 1. The van der Waals surface area contributed by atoms with E-state index in [1.54, 1.807) is 14.2 Å². The van der Waals surface area contributed by atoms with E-state index in [-0.39, 0.29) is 22.1 Å². The molecule has 0 amide bonds. The molecule has 8 heteroatoms. The van der Waals surface area contributed by atoms with Crippen LogP contribution in [-0.2, 0) is 14.8 Å². The number of sulfonamides is 1. The lowest BCUT2D eigenvalue weighted by molar-refractivity contribution is 0.0916. The second-order valence-electron chi connectivity index (χ2n) is 4.68. The van der Waals surface area contributed by atoms with Crippen LogP contribution < -0.4 is 10.0 Å². The molecule has 1 aliphatic carbocycles. The number of hydrogen-bond acceptors (Lipinski definition) is 5. The summed E-state index contributed by atoms with van der Waals surface area (Å²) in [6, 6.07) is 1.19. The van der Waals surface area contributed by atoms with E-state index in [0.717, 1.165) is 19.3 Å². The molecule has 1 aliphatic rings. The molecule has 0 radical (unpaired) electrons.